The summed E-state index contributed by atoms with van der Waals surface area (Å²) in [7, 11) is 0. The molecular formula is C15H24F3NO. The zero-order valence-corrected chi connectivity index (χ0v) is 11.8. The Hall–Kier alpha value is -0.290. The predicted octanol–water partition coefficient (Wildman–Crippen LogP) is 3.65. The van der Waals surface area contributed by atoms with Crippen LogP contribution in [0.1, 0.15) is 51.4 Å². The van der Waals surface area contributed by atoms with E-state index in [1.165, 1.54) is 12.8 Å². The lowest BCUT2D eigenvalue weighted by Crippen LogP contribution is -2.47. The highest BCUT2D eigenvalue weighted by molar-refractivity contribution is 4.90. The van der Waals surface area contributed by atoms with Crippen molar-refractivity contribution < 1.29 is 17.9 Å². The van der Waals surface area contributed by atoms with Gasteiger partial charge in [-0.15, -0.1) is 0 Å². The van der Waals surface area contributed by atoms with Crippen molar-refractivity contribution in [3.05, 3.63) is 0 Å². The predicted molar refractivity (Wildman–Crippen MR) is 70.4 cm³/mol. The van der Waals surface area contributed by atoms with Gasteiger partial charge in [-0.1, -0.05) is 6.42 Å². The summed E-state index contributed by atoms with van der Waals surface area (Å²) in [4.78, 5) is 0. The first-order valence-corrected chi connectivity index (χ1v) is 7.96. The molecule has 0 radical (unpaired) electrons. The van der Waals surface area contributed by atoms with E-state index in [1.54, 1.807) is 0 Å². The van der Waals surface area contributed by atoms with Gasteiger partial charge in [0, 0.05) is 18.7 Å². The van der Waals surface area contributed by atoms with Gasteiger partial charge in [0.1, 0.15) is 0 Å². The smallest absolute Gasteiger partial charge is 0.378 e. The van der Waals surface area contributed by atoms with E-state index in [2.05, 4.69) is 5.32 Å². The van der Waals surface area contributed by atoms with Crippen molar-refractivity contribution in [3.8, 4) is 0 Å². The van der Waals surface area contributed by atoms with Gasteiger partial charge in [-0.25, -0.2) is 0 Å². The summed E-state index contributed by atoms with van der Waals surface area (Å²) >= 11 is 0. The first kappa shape index (κ1) is 14.6. The molecule has 2 aliphatic carbocycles. The van der Waals surface area contributed by atoms with Crippen molar-refractivity contribution in [3.63, 3.8) is 0 Å². The average molecular weight is 291 g/mol. The van der Waals surface area contributed by atoms with Gasteiger partial charge in [0.15, 0.2) is 0 Å². The lowest BCUT2D eigenvalue weighted by Gasteiger charge is -2.37. The molecule has 20 heavy (non-hydrogen) atoms. The van der Waals surface area contributed by atoms with E-state index in [4.69, 9.17) is 4.74 Å². The second-order valence-electron chi connectivity index (χ2n) is 6.74. The van der Waals surface area contributed by atoms with E-state index in [9.17, 15) is 13.2 Å². The van der Waals surface area contributed by atoms with Gasteiger partial charge in [0.2, 0.25) is 0 Å². The minimum atomic E-state index is -4.02. The van der Waals surface area contributed by atoms with E-state index in [0.717, 1.165) is 25.9 Å². The van der Waals surface area contributed by atoms with Crippen molar-refractivity contribution in [2.45, 2.75) is 75.7 Å². The molecule has 1 saturated heterocycles. The van der Waals surface area contributed by atoms with Crippen LogP contribution in [0.25, 0.3) is 0 Å². The van der Waals surface area contributed by atoms with E-state index < -0.39 is 12.1 Å². The van der Waals surface area contributed by atoms with Crippen LogP contribution in [0.2, 0.25) is 0 Å². The van der Waals surface area contributed by atoms with Crippen LogP contribution in [-0.4, -0.2) is 31.0 Å². The zero-order chi connectivity index (χ0) is 14.2. The van der Waals surface area contributed by atoms with Crippen LogP contribution in [0.4, 0.5) is 13.2 Å². The first-order valence-electron chi connectivity index (χ1n) is 7.96. The van der Waals surface area contributed by atoms with Gasteiger partial charge in [-0.05, 0) is 50.9 Å². The molecule has 1 aliphatic heterocycles. The summed E-state index contributed by atoms with van der Waals surface area (Å²) in [6.07, 6.45) is 2.92. The van der Waals surface area contributed by atoms with E-state index in [0.29, 0.717) is 30.9 Å². The summed E-state index contributed by atoms with van der Waals surface area (Å²) in [6.45, 7) is 0.758. The van der Waals surface area contributed by atoms with Crippen LogP contribution in [0.3, 0.4) is 0 Å². The summed E-state index contributed by atoms with van der Waals surface area (Å²) in [5.74, 6) is -0.387. The summed E-state index contributed by atoms with van der Waals surface area (Å²) in [6, 6.07) is 0.393. The number of ether oxygens (including phenoxy) is 1. The van der Waals surface area contributed by atoms with Crippen molar-refractivity contribution in [1.82, 2.24) is 5.32 Å². The molecule has 0 unspecified atom stereocenters. The quantitative estimate of drug-likeness (QED) is 0.857. The van der Waals surface area contributed by atoms with Gasteiger partial charge in [-0.2, -0.15) is 13.2 Å². The lowest BCUT2D eigenvalue weighted by molar-refractivity contribution is -0.184. The molecule has 0 aromatic rings. The number of rotatable bonds is 3. The molecule has 0 aromatic heterocycles. The van der Waals surface area contributed by atoms with Gasteiger partial charge in [0.25, 0.3) is 0 Å². The number of nitrogens with one attached hydrogen (secondary N) is 1. The highest BCUT2D eigenvalue weighted by Crippen LogP contribution is 2.40. The number of halogens is 3. The molecule has 0 amide bonds. The molecule has 0 spiro atoms. The number of alkyl halides is 3. The van der Waals surface area contributed by atoms with Crippen molar-refractivity contribution >= 4 is 0 Å². The fourth-order valence-electron chi connectivity index (χ4n) is 3.75. The molecule has 116 valence electrons. The molecule has 0 aromatic carbocycles. The normalized spacial score (nSPS) is 39.8. The highest BCUT2D eigenvalue weighted by atomic mass is 19.4. The zero-order valence-electron chi connectivity index (χ0n) is 11.8. The van der Waals surface area contributed by atoms with Crippen molar-refractivity contribution in [2.24, 2.45) is 11.8 Å². The molecule has 1 heterocycles. The molecule has 2 nitrogen and oxygen atoms in total. The maximum atomic E-state index is 12.8. The highest BCUT2D eigenvalue weighted by Gasteiger charge is 2.43. The minimum Gasteiger partial charge on any atom is -0.378 e. The van der Waals surface area contributed by atoms with Gasteiger partial charge in [-0.3, -0.25) is 0 Å². The van der Waals surface area contributed by atoms with Crippen molar-refractivity contribution in [1.29, 1.82) is 0 Å². The van der Waals surface area contributed by atoms with Crippen molar-refractivity contribution in [2.75, 3.05) is 6.61 Å². The van der Waals surface area contributed by atoms with Gasteiger partial charge < -0.3 is 10.1 Å². The Morgan fingerprint density at radius 2 is 1.65 bits per heavy atom. The van der Waals surface area contributed by atoms with E-state index >= 15 is 0 Å². The molecule has 0 bridgehead atoms. The summed E-state index contributed by atoms with van der Waals surface area (Å²) in [5.41, 5.74) is 0. The Bertz CT molecular complexity index is 330. The lowest BCUT2D eigenvalue weighted by atomic mass is 9.84. The summed E-state index contributed by atoms with van der Waals surface area (Å²) in [5, 5.41) is 3.49. The maximum Gasteiger partial charge on any atom is 0.391 e. The molecule has 5 heteroatoms. The Morgan fingerprint density at radius 1 is 0.900 bits per heavy atom. The Labute approximate surface area is 118 Å². The maximum absolute atomic E-state index is 12.8. The molecule has 3 aliphatic rings. The van der Waals surface area contributed by atoms with Crippen LogP contribution in [-0.2, 0) is 4.74 Å². The van der Waals surface area contributed by atoms with Gasteiger partial charge >= 0.3 is 6.18 Å². The number of hydrogen-bond donors (Lipinski definition) is 1. The minimum absolute atomic E-state index is 0.0401. The Morgan fingerprint density at radius 3 is 2.35 bits per heavy atom. The SMILES string of the molecule is FC(F)(F)[C@@H]1CCC[C@H](N[C@@H]2CCO[C@@H](C3CC3)C2)C1. The fraction of sp³-hybridized carbons (Fsp3) is 1.00. The Balaban J connectivity index is 1.49. The molecule has 3 rings (SSSR count). The molecular weight excluding hydrogens is 267 g/mol. The molecule has 1 N–H and O–H groups in total. The van der Waals surface area contributed by atoms with E-state index in [1.807, 2.05) is 0 Å². The molecule has 2 saturated carbocycles. The third-order valence-corrected chi connectivity index (χ3v) is 5.07. The van der Waals surface area contributed by atoms with Crippen LogP contribution in [0, 0.1) is 11.8 Å². The first-order chi connectivity index (χ1) is 9.52. The van der Waals surface area contributed by atoms with Crippen LogP contribution < -0.4 is 5.32 Å². The molecule has 4 atom stereocenters. The topological polar surface area (TPSA) is 21.3 Å². The van der Waals surface area contributed by atoms with Crippen LogP contribution in [0.15, 0.2) is 0 Å². The van der Waals surface area contributed by atoms with E-state index in [-0.39, 0.29) is 12.5 Å². The second kappa shape index (κ2) is 5.84. The largest absolute Gasteiger partial charge is 0.391 e. The average Bonchev–Trinajstić information content (AvgIpc) is 3.23. The van der Waals surface area contributed by atoms with Crippen LogP contribution in [0.5, 0.6) is 0 Å². The summed E-state index contributed by atoms with van der Waals surface area (Å²) < 4.78 is 44.2. The third kappa shape index (κ3) is 3.67. The molecule has 3 fully saturated rings. The third-order valence-electron chi connectivity index (χ3n) is 5.07. The monoisotopic (exact) mass is 291 g/mol. The second-order valence-corrected chi connectivity index (χ2v) is 6.74. The number of hydrogen-bond acceptors (Lipinski definition) is 2. The van der Waals surface area contributed by atoms with Gasteiger partial charge in [0.05, 0.1) is 12.0 Å². The standard InChI is InChI=1S/C15H24F3NO/c16-15(17,18)11-2-1-3-12(8-11)19-13-6-7-20-14(9-13)10-4-5-10/h10-14,19H,1-9H2/t11-,12+,13-,14-/m1/s1. The fourth-order valence-corrected chi connectivity index (χ4v) is 3.75. The Kier molecular flexibility index (Phi) is 4.27. The van der Waals surface area contributed by atoms with Crippen LogP contribution >= 0.6 is 0 Å².